The summed E-state index contributed by atoms with van der Waals surface area (Å²) in [7, 11) is 0. The molecule has 0 radical (unpaired) electrons. The third kappa shape index (κ3) is 6.15. The minimum Gasteiger partial charge on any atom is -0.491 e. The predicted octanol–water partition coefficient (Wildman–Crippen LogP) is 5.03. The van der Waals surface area contributed by atoms with Crippen LogP contribution in [0.25, 0.3) is 28.6 Å². The van der Waals surface area contributed by atoms with Crippen molar-refractivity contribution in [3.63, 3.8) is 0 Å². The first-order valence-corrected chi connectivity index (χ1v) is 14.8. The fraction of sp³-hybridized carbons (Fsp3) is 0.344. The molecule has 6 rings (SSSR count). The number of hydrogen-bond acceptors (Lipinski definition) is 9. The van der Waals surface area contributed by atoms with Crippen molar-refractivity contribution >= 4 is 0 Å². The Labute approximate surface area is 248 Å². The van der Waals surface area contributed by atoms with Crippen LogP contribution in [0.3, 0.4) is 0 Å². The predicted molar refractivity (Wildman–Crippen MR) is 160 cm³/mol. The number of rotatable bonds is 12. The van der Waals surface area contributed by atoms with Gasteiger partial charge in [-0.05, 0) is 44.2 Å². The van der Waals surface area contributed by atoms with Gasteiger partial charge in [0.25, 0.3) is 5.56 Å². The number of unbranched alkanes of at least 4 members (excludes halogenated alkanes) is 2. The first kappa shape index (κ1) is 28.2. The Hall–Kier alpha value is -4.93. The average molecular weight is 580 g/mol. The van der Waals surface area contributed by atoms with Gasteiger partial charge in [0.2, 0.25) is 5.95 Å². The van der Waals surface area contributed by atoms with E-state index in [-0.39, 0.29) is 11.5 Å². The topological polar surface area (TPSA) is 142 Å². The van der Waals surface area contributed by atoms with Gasteiger partial charge in [-0.1, -0.05) is 55.3 Å². The van der Waals surface area contributed by atoms with E-state index in [0.717, 1.165) is 61.2 Å². The van der Waals surface area contributed by atoms with Gasteiger partial charge in [-0.3, -0.25) is 19.3 Å². The maximum absolute atomic E-state index is 14.2. The molecule has 0 spiro atoms. The molecule has 43 heavy (non-hydrogen) atoms. The lowest BCUT2D eigenvalue weighted by Gasteiger charge is -2.16. The number of H-pyrrole nitrogens is 1. The van der Waals surface area contributed by atoms with E-state index in [9.17, 15) is 9.59 Å². The summed E-state index contributed by atoms with van der Waals surface area (Å²) < 4.78 is 11.8. The lowest BCUT2D eigenvalue weighted by Crippen LogP contribution is -2.30. The zero-order valence-electron chi connectivity index (χ0n) is 24.2. The van der Waals surface area contributed by atoms with Gasteiger partial charge in [0, 0.05) is 35.2 Å². The van der Waals surface area contributed by atoms with Crippen molar-refractivity contribution in [1.29, 1.82) is 0 Å². The smallest absolute Gasteiger partial charge is 0.439 e. The quantitative estimate of drug-likeness (QED) is 0.201. The molecule has 4 heterocycles. The molecule has 0 amide bonds. The Balaban J connectivity index is 1.37. The molecule has 11 heteroatoms. The standard InChI is InChI=1S/C32H33N7O4/c1-3-5-6-11-27-25(30(40)39(29(36-27)21-13-14-21)31-34-18-22(19-35-31)42-4-2)16-20-12-15-26(33-17-20)23-9-7-8-10-24(23)28-37-32(41)43-38-28/h7-10,12,15,17-19,21H,3-6,11,13-14,16H2,1-2H3,(H,37,38,41). The lowest BCUT2D eigenvalue weighted by molar-refractivity contribution is 0.337. The van der Waals surface area contributed by atoms with Crippen LogP contribution in [-0.2, 0) is 12.8 Å². The molecule has 0 atom stereocenters. The molecular formula is C32H33N7O4. The van der Waals surface area contributed by atoms with E-state index in [1.54, 1.807) is 23.2 Å². The fourth-order valence-electron chi connectivity index (χ4n) is 5.17. The first-order chi connectivity index (χ1) is 21.1. The molecule has 0 unspecified atom stereocenters. The van der Waals surface area contributed by atoms with Gasteiger partial charge in [-0.2, -0.15) is 0 Å². The summed E-state index contributed by atoms with van der Waals surface area (Å²) in [4.78, 5) is 47.1. The zero-order chi connectivity index (χ0) is 29.8. The summed E-state index contributed by atoms with van der Waals surface area (Å²) in [6.45, 7) is 4.57. The molecule has 1 fully saturated rings. The minimum absolute atomic E-state index is 0.142. The highest BCUT2D eigenvalue weighted by Gasteiger charge is 2.32. The largest absolute Gasteiger partial charge is 0.491 e. The number of aromatic amines is 1. The summed E-state index contributed by atoms with van der Waals surface area (Å²) in [5, 5.41) is 3.83. The Morgan fingerprint density at radius 1 is 0.977 bits per heavy atom. The van der Waals surface area contributed by atoms with Gasteiger partial charge < -0.3 is 4.74 Å². The van der Waals surface area contributed by atoms with Crippen LogP contribution in [0, 0.1) is 0 Å². The number of pyridine rings is 1. The second kappa shape index (κ2) is 12.5. The van der Waals surface area contributed by atoms with Crippen LogP contribution in [-0.4, -0.2) is 41.3 Å². The molecule has 0 aliphatic heterocycles. The summed E-state index contributed by atoms with van der Waals surface area (Å²) in [5.74, 6) is 1.54. The van der Waals surface area contributed by atoms with Crippen molar-refractivity contribution < 1.29 is 9.26 Å². The van der Waals surface area contributed by atoms with Crippen LogP contribution >= 0.6 is 0 Å². The summed E-state index contributed by atoms with van der Waals surface area (Å²) in [6.07, 6.45) is 11.2. The molecular weight excluding hydrogens is 546 g/mol. The van der Waals surface area contributed by atoms with Crippen molar-refractivity contribution in [1.82, 2.24) is 34.6 Å². The van der Waals surface area contributed by atoms with Gasteiger partial charge in [-0.15, -0.1) is 0 Å². The monoisotopic (exact) mass is 579 g/mol. The molecule has 0 bridgehead atoms. The SMILES string of the molecule is CCCCCc1nc(C2CC2)n(-c2ncc(OCC)cn2)c(=O)c1Cc1ccc(-c2ccccc2-c2noc(=O)[nH]2)nc1. The minimum atomic E-state index is -0.620. The van der Waals surface area contributed by atoms with Gasteiger partial charge in [-0.25, -0.2) is 24.3 Å². The van der Waals surface area contributed by atoms with E-state index in [4.69, 9.17) is 19.2 Å². The van der Waals surface area contributed by atoms with Crippen molar-refractivity contribution in [2.75, 3.05) is 6.61 Å². The Morgan fingerprint density at radius 3 is 2.42 bits per heavy atom. The van der Waals surface area contributed by atoms with E-state index in [1.165, 1.54) is 0 Å². The summed E-state index contributed by atoms with van der Waals surface area (Å²) in [5.41, 5.74) is 4.41. The van der Waals surface area contributed by atoms with E-state index in [0.29, 0.717) is 47.4 Å². The number of nitrogens with zero attached hydrogens (tertiary/aromatic N) is 6. The highest BCUT2D eigenvalue weighted by atomic mass is 16.5. The first-order valence-electron chi connectivity index (χ1n) is 14.8. The molecule has 220 valence electrons. The number of ether oxygens (including phenoxy) is 1. The molecule has 4 aromatic heterocycles. The fourth-order valence-corrected chi connectivity index (χ4v) is 5.17. The highest BCUT2D eigenvalue weighted by Crippen LogP contribution is 2.39. The second-order valence-corrected chi connectivity index (χ2v) is 10.6. The molecule has 11 nitrogen and oxygen atoms in total. The van der Waals surface area contributed by atoms with Crippen LogP contribution in [0.15, 0.2) is 69.1 Å². The van der Waals surface area contributed by atoms with Crippen molar-refractivity contribution in [3.05, 3.63) is 98.5 Å². The lowest BCUT2D eigenvalue weighted by atomic mass is 10.00. The van der Waals surface area contributed by atoms with Crippen LogP contribution in [0.2, 0.25) is 0 Å². The zero-order valence-corrected chi connectivity index (χ0v) is 24.2. The van der Waals surface area contributed by atoms with Crippen LogP contribution in [0.4, 0.5) is 0 Å². The number of benzene rings is 1. The molecule has 5 aromatic rings. The van der Waals surface area contributed by atoms with E-state index in [2.05, 4.69) is 27.0 Å². The Bertz CT molecular complexity index is 1820. The van der Waals surface area contributed by atoms with E-state index < -0.39 is 5.76 Å². The van der Waals surface area contributed by atoms with Crippen LogP contribution in [0.1, 0.15) is 74.5 Å². The maximum atomic E-state index is 14.2. The van der Waals surface area contributed by atoms with Gasteiger partial charge in [0.1, 0.15) is 5.82 Å². The molecule has 1 aliphatic carbocycles. The van der Waals surface area contributed by atoms with Crippen molar-refractivity contribution in [2.45, 2.75) is 64.7 Å². The van der Waals surface area contributed by atoms with E-state index >= 15 is 0 Å². The number of nitrogens with one attached hydrogen (secondary N) is 1. The molecule has 1 saturated carbocycles. The number of aromatic nitrogens is 7. The molecule has 1 N–H and O–H groups in total. The maximum Gasteiger partial charge on any atom is 0.439 e. The molecule has 1 aromatic carbocycles. The van der Waals surface area contributed by atoms with E-state index in [1.807, 2.05) is 43.3 Å². The van der Waals surface area contributed by atoms with Gasteiger partial charge >= 0.3 is 5.76 Å². The van der Waals surface area contributed by atoms with Crippen molar-refractivity contribution in [2.24, 2.45) is 0 Å². The molecule has 1 aliphatic rings. The highest BCUT2D eigenvalue weighted by molar-refractivity contribution is 5.78. The summed E-state index contributed by atoms with van der Waals surface area (Å²) in [6, 6.07) is 11.4. The third-order valence-corrected chi connectivity index (χ3v) is 7.48. The second-order valence-electron chi connectivity index (χ2n) is 10.6. The van der Waals surface area contributed by atoms with Gasteiger partial charge in [0.15, 0.2) is 11.6 Å². The van der Waals surface area contributed by atoms with Crippen molar-refractivity contribution in [3.8, 4) is 34.3 Å². The summed E-state index contributed by atoms with van der Waals surface area (Å²) >= 11 is 0. The normalized spacial score (nSPS) is 12.9. The van der Waals surface area contributed by atoms with Gasteiger partial charge in [0.05, 0.1) is 30.4 Å². The average Bonchev–Trinajstić information content (AvgIpc) is 3.79. The Kier molecular flexibility index (Phi) is 8.21. The van der Waals surface area contributed by atoms with Crippen LogP contribution in [0.5, 0.6) is 5.75 Å². The molecule has 0 saturated heterocycles. The third-order valence-electron chi connectivity index (χ3n) is 7.48. The van der Waals surface area contributed by atoms with Crippen LogP contribution < -0.4 is 16.1 Å². The Morgan fingerprint density at radius 2 is 1.77 bits per heavy atom. The number of aryl methyl sites for hydroxylation is 1. The number of hydrogen-bond donors (Lipinski definition) is 1.